The van der Waals surface area contributed by atoms with Crippen LogP contribution in [0.4, 0.5) is 10.1 Å². The van der Waals surface area contributed by atoms with Crippen molar-refractivity contribution in [3.05, 3.63) is 30.1 Å². The summed E-state index contributed by atoms with van der Waals surface area (Å²) in [7, 11) is 0. The van der Waals surface area contributed by atoms with Crippen LogP contribution in [0.25, 0.3) is 0 Å². The number of halogens is 1. The Morgan fingerprint density at radius 3 is 2.67 bits per heavy atom. The lowest BCUT2D eigenvalue weighted by Gasteiger charge is -2.12. The summed E-state index contributed by atoms with van der Waals surface area (Å²) in [6, 6.07) is 4.41. The lowest BCUT2D eigenvalue weighted by Crippen LogP contribution is -2.41. The van der Waals surface area contributed by atoms with Gasteiger partial charge in [-0.1, -0.05) is 6.07 Å². The van der Waals surface area contributed by atoms with Crippen LogP contribution in [-0.4, -0.2) is 40.4 Å². The maximum absolute atomic E-state index is 12.9. The highest BCUT2D eigenvalue weighted by molar-refractivity contribution is 8.00. The van der Waals surface area contributed by atoms with Crippen LogP contribution >= 0.6 is 11.8 Å². The highest BCUT2D eigenvalue weighted by Crippen LogP contribution is 2.10. The van der Waals surface area contributed by atoms with Crippen molar-refractivity contribution in [2.45, 2.75) is 13.0 Å². The summed E-state index contributed by atoms with van der Waals surface area (Å²) in [5.41, 5.74) is 0.331. The molecule has 6 nitrogen and oxygen atoms in total. The summed E-state index contributed by atoms with van der Waals surface area (Å²) in [5, 5.41) is 13.6. The molecule has 0 aliphatic heterocycles. The van der Waals surface area contributed by atoms with Crippen LogP contribution in [0.1, 0.15) is 6.92 Å². The van der Waals surface area contributed by atoms with E-state index in [1.54, 1.807) is 6.07 Å². The van der Waals surface area contributed by atoms with Crippen molar-refractivity contribution in [2.75, 3.05) is 16.8 Å². The minimum absolute atomic E-state index is 0.000121. The number of carbonyl (C=O) groups excluding carboxylic acids is 2. The standard InChI is InChI=1S/C13H15FN2O4S/c1-8(17)15-11(13(19)20)6-21-7-12(18)16-10-4-2-3-9(14)5-10/h2-5,11H,6-7H2,1H3,(H,15,17)(H,16,18)(H,19,20). The maximum Gasteiger partial charge on any atom is 0.327 e. The van der Waals surface area contributed by atoms with Crippen LogP contribution in [0.5, 0.6) is 0 Å². The van der Waals surface area contributed by atoms with E-state index in [0.717, 1.165) is 11.8 Å². The number of carboxylic acids is 1. The number of nitrogens with one attached hydrogen (secondary N) is 2. The van der Waals surface area contributed by atoms with Gasteiger partial charge in [-0.15, -0.1) is 11.8 Å². The van der Waals surface area contributed by atoms with Crippen molar-refractivity contribution in [3.63, 3.8) is 0 Å². The van der Waals surface area contributed by atoms with Crippen molar-refractivity contribution >= 4 is 35.2 Å². The van der Waals surface area contributed by atoms with Gasteiger partial charge in [0.05, 0.1) is 5.75 Å². The molecular formula is C13H15FN2O4S. The number of thioether (sulfide) groups is 1. The summed E-state index contributed by atoms with van der Waals surface area (Å²) in [6.07, 6.45) is 0. The number of benzene rings is 1. The first-order valence-electron chi connectivity index (χ1n) is 6.01. The zero-order valence-corrected chi connectivity index (χ0v) is 12.1. The van der Waals surface area contributed by atoms with Gasteiger partial charge in [0.2, 0.25) is 11.8 Å². The third-order valence-electron chi connectivity index (χ3n) is 2.30. The van der Waals surface area contributed by atoms with Gasteiger partial charge in [-0.3, -0.25) is 9.59 Å². The summed E-state index contributed by atoms with van der Waals surface area (Å²) in [5.74, 6) is -2.39. The molecule has 0 fully saturated rings. The first-order chi connectivity index (χ1) is 9.88. The molecule has 0 saturated carbocycles. The molecule has 21 heavy (non-hydrogen) atoms. The Morgan fingerprint density at radius 2 is 2.10 bits per heavy atom. The van der Waals surface area contributed by atoms with E-state index in [1.165, 1.54) is 25.1 Å². The van der Waals surface area contributed by atoms with E-state index in [9.17, 15) is 18.8 Å². The average Bonchev–Trinajstić information content (AvgIpc) is 2.36. The predicted molar refractivity (Wildman–Crippen MR) is 77.6 cm³/mol. The Labute approximate surface area is 125 Å². The van der Waals surface area contributed by atoms with Crippen LogP contribution in [0.3, 0.4) is 0 Å². The number of carboxylic acid groups (broad SMARTS) is 1. The predicted octanol–water partition coefficient (Wildman–Crippen LogP) is 1.09. The van der Waals surface area contributed by atoms with Gasteiger partial charge in [-0.25, -0.2) is 9.18 Å². The normalized spacial score (nSPS) is 11.5. The van der Waals surface area contributed by atoms with E-state index in [0.29, 0.717) is 5.69 Å². The topological polar surface area (TPSA) is 95.5 Å². The molecule has 8 heteroatoms. The van der Waals surface area contributed by atoms with Crippen LogP contribution in [-0.2, 0) is 14.4 Å². The van der Waals surface area contributed by atoms with Crippen LogP contribution < -0.4 is 10.6 Å². The Morgan fingerprint density at radius 1 is 1.38 bits per heavy atom. The quantitative estimate of drug-likeness (QED) is 0.700. The molecule has 1 rings (SSSR count). The van der Waals surface area contributed by atoms with Crippen molar-refractivity contribution in [2.24, 2.45) is 0 Å². The zero-order valence-electron chi connectivity index (χ0n) is 11.3. The molecule has 114 valence electrons. The molecule has 0 aromatic heterocycles. The fourth-order valence-corrected chi connectivity index (χ4v) is 2.29. The molecule has 0 heterocycles. The zero-order chi connectivity index (χ0) is 15.8. The molecular weight excluding hydrogens is 299 g/mol. The van der Waals surface area contributed by atoms with Crippen molar-refractivity contribution < 1.29 is 23.9 Å². The second kappa shape index (κ2) is 8.25. The third-order valence-corrected chi connectivity index (χ3v) is 3.34. The molecule has 0 bridgehead atoms. The van der Waals surface area contributed by atoms with Gasteiger partial charge in [0, 0.05) is 18.4 Å². The second-order valence-corrected chi connectivity index (χ2v) is 5.20. The van der Waals surface area contributed by atoms with E-state index in [4.69, 9.17) is 5.11 Å². The van der Waals surface area contributed by atoms with E-state index in [-0.39, 0.29) is 17.4 Å². The number of hydrogen-bond donors (Lipinski definition) is 3. The van der Waals surface area contributed by atoms with Gasteiger partial charge in [0.25, 0.3) is 0 Å². The van der Waals surface area contributed by atoms with Crippen LogP contribution in [0, 0.1) is 5.82 Å². The summed E-state index contributed by atoms with van der Waals surface area (Å²) >= 11 is 1.06. The van der Waals surface area contributed by atoms with Gasteiger partial charge < -0.3 is 15.7 Å². The fourth-order valence-electron chi connectivity index (χ4n) is 1.45. The highest BCUT2D eigenvalue weighted by atomic mass is 32.2. The molecule has 0 aliphatic rings. The Kier molecular flexibility index (Phi) is 6.67. The first kappa shape index (κ1) is 17.0. The van der Waals surface area contributed by atoms with Gasteiger partial charge in [-0.2, -0.15) is 0 Å². The molecule has 1 atom stereocenters. The molecule has 0 saturated heterocycles. The summed E-state index contributed by atoms with van der Waals surface area (Å²) < 4.78 is 12.9. The van der Waals surface area contributed by atoms with Crippen molar-refractivity contribution in [1.29, 1.82) is 0 Å². The number of hydrogen-bond acceptors (Lipinski definition) is 4. The second-order valence-electron chi connectivity index (χ2n) is 4.16. The van der Waals surface area contributed by atoms with E-state index in [2.05, 4.69) is 10.6 Å². The first-order valence-corrected chi connectivity index (χ1v) is 7.17. The molecule has 1 unspecified atom stereocenters. The van der Waals surface area contributed by atoms with E-state index < -0.39 is 23.7 Å². The Hall–Kier alpha value is -2.09. The van der Waals surface area contributed by atoms with Gasteiger partial charge in [0.15, 0.2) is 0 Å². The highest BCUT2D eigenvalue weighted by Gasteiger charge is 2.18. The van der Waals surface area contributed by atoms with Crippen LogP contribution in [0.15, 0.2) is 24.3 Å². The number of anilines is 1. The van der Waals surface area contributed by atoms with Crippen molar-refractivity contribution in [3.8, 4) is 0 Å². The number of amides is 2. The number of aliphatic carboxylic acids is 1. The lowest BCUT2D eigenvalue weighted by molar-refractivity contribution is -0.140. The Bertz CT molecular complexity index is 539. The third kappa shape index (κ3) is 6.75. The smallest absolute Gasteiger partial charge is 0.327 e. The molecule has 3 N–H and O–H groups in total. The maximum atomic E-state index is 12.9. The largest absolute Gasteiger partial charge is 0.480 e. The number of carbonyl (C=O) groups is 3. The fraction of sp³-hybridized carbons (Fsp3) is 0.308. The average molecular weight is 314 g/mol. The van der Waals surface area contributed by atoms with E-state index >= 15 is 0 Å². The molecule has 0 spiro atoms. The molecule has 0 radical (unpaired) electrons. The van der Waals surface area contributed by atoms with Crippen LogP contribution in [0.2, 0.25) is 0 Å². The van der Waals surface area contributed by atoms with Gasteiger partial charge >= 0.3 is 5.97 Å². The van der Waals surface area contributed by atoms with Gasteiger partial charge in [-0.05, 0) is 18.2 Å². The monoisotopic (exact) mass is 314 g/mol. The number of rotatable bonds is 7. The summed E-state index contributed by atoms with van der Waals surface area (Å²) in [4.78, 5) is 33.3. The minimum atomic E-state index is -1.16. The van der Waals surface area contributed by atoms with Crippen molar-refractivity contribution in [1.82, 2.24) is 5.32 Å². The van der Waals surface area contributed by atoms with E-state index in [1.807, 2.05) is 0 Å². The molecule has 0 aliphatic carbocycles. The Balaban J connectivity index is 2.38. The molecule has 2 amide bonds. The molecule has 1 aromatic rings. The molecule has 1 aromatic carbocycles. The SMILES string of the molecule is CC(=O)NC(CSCC(=O)Nc1cccc(F)c1)C(=O)O. The lowest BCUT2D eigenvalue weighted by atomic mass is 10.3. The summed E-state index contributed by atoms with van der Waals surface area (Å²) in [6.45, 7) is 1.22. The minimum Gasteiger partial charge on any atom is -0.480 e. The van der Waals surface area contributed by atoms with Gasteiger partial charge in [0.1, 0.15) is 11.9 Å².